The Hall–Kier alpha value is -0.434. The van der Waals surface area contributed by atoms with Gasteiger partial charge in [-0.2, -0.15) is 8.42 Å². The average molecular weight is 329 g/mol. The Kier molecular flexibility index (Phi) is 6.41. The minimum absolute atomic E-state index is 0. The molecule has 0 saturated carbocycles. The third kappa shape index (κ3) is 3.42. The molecule has 0 atom stereocenters. The number of hydrogen-bond donors (Lipinski definition) is 1. The fourth-order valence-corrected chi connectivity index (χ4v) is 2.86. The molecular formula is C9H10KN2O7S. The van der Waals surface area contributed by atoms with Crippen LogP contribution in [0.25, 0.3) is 0 Å². The van der Waals surface area contributed by atoms with Crippen molar-refractivity contribution in [3.05, 3.63) is 36.9 Å². The smallest absolute Gasteiger partial charge is 0.282 e. The maximum Gasteiger partial charge on any atom is 0.301 e. The first kappa shape index (κ1) is 19.6. The van der Waals surface area contributed by atoms with Crippen LogP contribution in [0.1, 0.15) is 16.7 Å². The fourth-order valence-electron chi connectivity index (χ4n) is 1.90. The molecule has 0 aliphatic carbocycles. The molecule has 1 aromatic carbocycles. The van der Waals surface area contributed by atoms with E-state index in [2.05, 4.69) is 0 Å². The van der Waals surface area contributed by atoms with Gasteiger partial charge in [0, 0.05) is 62.5 Å². The first-order chi connectivity index (χ1) is 8.50. The van der Waals surface area contributed by atoms with Crippen LogP contribution >= 0.6 is 0 Å². The molecule has 105 valence electrons. The van der Waals surface area contributed by atoms with Crippen molar-refractivity contribution in [2.75, 3.05) is 0 Å². The summed E-state index contributed by atoms with van der Waals surface area (Å²) in [4.78, 5) is 19.0. The molecule has 0 saturated heterocycles. The van der Waals surface area contributed by atoms with Gasteiger partial charge in [0.25, 0.3) is 11.4 Å². The molecule has 1 N–H and O–H groups in total. The van der Waals surface area contributed by atoms with Gasteiger partial charge in [0.2, 0.25) is 0 Å². The second-order valence-electron chi connectivity index (χ2n) is 3.89. The zero-order valence-electron chi connectivity index (χ0n) is 11.2. The van der Waals surface area contributed by atoms with E-state index >= 15 is 0 Å². The van der Waals surface area contributed by atoms with Crippen molar-refractivity contribution in [2.24, 2.45) is 0 Å². The summed E-state index contributed by atoms with van der Waals surface area (Å²) in [5.74, 6) is 0. The van der Waals surface area contributed by atoms with Gasteiger partial charge in [0.15, 0.2) is 4.90 Å². The van der Waals surface area contributed by atoms with Gasteiger partial charge in [-0.1, -0.05) is 0 Å². The van der Waals surface area contributed by atoms with Gasteiger partial charge in [-0.3, -0.25) is 24.8 Å². The Morgan fingerprint density at radius 2 is 1.25 bits per heavy atom. The molecule has 0 spiro atoms. The van der Waals surface area contributed by atoms with Gasteiger partial charge in [-0.05, 0) is 20.8 Å². The zero-order valence-corrected chi connectivity index (χ0v) is 15.1. The van der Waals surface area contributed by atoms with Crippen LogP contribution in [0.2, 0.25) is 0 Å². The Morgan fingerprint density at radius 1 is 0.900 bits per heavy atom. The molecule has 0 fully saturated rings. The van der Waals surface area contributed by atoms with E-state index in [0.717, 1.165) is 6.92 Å². The van der Waals surface area contributed by atoms with E-state index in [4.69, 9.17) is 4.55 Å². The summed E-state index contributed by atoms with van der Waals surface area (Å²) >= 11 is 0. The van der Waals surface area contributed by atoms with Crippen LogP contribution in [0, 0.1) is 41.0 Å². The number of nitrogens with zero attached hydrogens (tertiary/aromatic N) is 2. The van der Waals surface area contributed by atoms with E-state index in [1.165, 1.54) is 13.8 Å². The number of hydrogen-bond acceptors (Lipinski definition) is 6. The van der Waals surface area contributed by atoms with Crippen LogP contribution in [0.3, 0.4) is 0 Å². The number of nitro groups is 2. The molecule has 9 nitrogen and oxygen atoms in total. The Balaban J connectivity index is 0.00000361. The van der Waals surface area contributed by atoms with Crippen LogP contribution in [0.4, 0.5) is 11.4 Å². The molecule has 0 unspecified atom stereocenters. The van der Waals surface area contributed by atoms with E-state index in [0.29, 0.717) is 0 Å². The molecule has 1 radical (unpaired) electrons. The zero-order chi connectivity index (χ0) is 15.1. The molecule has 0 aliphatic heterocycles. The molecule has 0 aliphatic rings. The summed E-state index contributed by atoms with van der Waals surface area (Å²) in [6.45, 7) is 3.51. The molecule has 0 heterocycles. The topological polar surface area (TPSA) is 141 Å². The van der Waals surface area contributed by atoms with Crippen LogP contribution in [0.15, 0.2) is 4.90 Å². The largest absolute Gasteiger partial charge is 0.301 e. The number of benzene rings is 1. The number of nitro benzene ring substituents is 2. The predicted octanol–water partition coefficient (Wildman–Crippen LogP) is 1.29. The van der Waals surface area contributed by atoms with Crippen LogP contribution < -0.4 is 0 Å². The van der Waals surface area contributed by atoms with Gasteiger partial charge in [-0.25, -0.2) is 0 Å². The molecule has 0 bridgehead atoms. The minimum Gasteiger partial charge on any atom is -0.282 e. The third-order valence-electron chi connectivity index (χ3n) is 2.81. The minimum atomic E-state index is -4.95. The molecule has 20 heavy (non-hydrogen) atoms. The molecule has 11 heteroatoms. The first-order valence-corrected chi connectivity index (χ1v) is 6.34. The summed E-state index contributed by atoms with van der Waals surface area (Å²) in [5.41, 5.74) is -2.04. The summed E-state index contributed by atoms with van der Waals surface area (Å²) in [6, 6.07) is 0. The fraction of sp³-hybridized carbons (Fsp3) is 0.333. The van der Waals surface area contributed by atoms with Crippen molar-refractivity contribution in [2.45, 2.75) is 25.7 Å². The van der Waals surface area contributed by atoms with Crippen molar-refractivity contribution in [1.82, 2.24) is 0 Å². The van der Waals surface area contributed by atoms with E-state index in [-0.39, 0.29) is 62.5 Å². The summed E-state index contributed by atoms with van der Waals surface area (Å²) in [6.07, 6.45) is 0. The second-order valence-corrected chi connectivity index (χ2v) is 5.25. The van der Waals surface area contributed by atoms with Gasteiger partial charge >= 0.3 is 10.1 Å². The maximum absolute atomic E-state index is 11.2. The molecule has 1 aromatic rings. The van der Waals surface area contributed by atoms with Crippen molar-refractivity contribution in [1.29, 1.82) is 0 Å². The van der Waals surface area contributed by atoms with E-state index in [1.807, 2.05) is 0 Å². The molecule has 0 amide bonds. The van der Waals surface area contributed by atoms with Crippen molar-refractivity contribution in [3.63, 3.8) is 0 Å². The standard InChI is InChI=1S/C9H10N2O7S.K/c1-4-5(2)8(11(14)15)9(19(16,17)18)6(3)7(4)10(12)13;/h1-3H3,(H,16,17,18);. The van der Waals surface area contributed by atoms with Crippen molar-refractivity contribution in [3.8, 4) is 0 Å². The summed E-state index contributed by atoms with van der Waals surface area (Å²) in [7, 11) is -4.95. The molecule has 1 rings (SSSR count). The van der Waals surface area contributed by atoms with E-state index in [9.17, 15) is 28.6 Å². The van der Waals surface area contributed by atoms with Gasteiger partial charge < -0.3 is 0 Å². The normalized spacial score (nSPS) is 10.8. The summed E-state index contributed by atoms with van der Waals surface area (Å²) < 4.78 is 31.6. The van der Waals surface area contributed by atoms with E-state index < -0.39 is 41.8 Å². The van der Waals surface area contributed by atoms with Crippen LogP contribution in [-0.4, -0.2) is 74.2 Å². The average Bonchev–Trinajstić information content (AvgIpc) is 2.20. The predicted molar refractivity (Wildman–Crippen MR) is 69.5 cm³/mol. The molecule has 0 aromatic heterocycles. The summed E-state index contributed by atoms with van der Waals surface area (Å²) in [5, 5.41) is 21.8. The first-order valence-electron chi connectivity index (χ1n) is 4.90. The van der Waals surface area contributed by atoms with Crippen molar-refractivity contribution < 1.29 is 22.8 Å². The van der Waals surface area contributed by atoms with Gasteiger partial charge in [-0.15, -0.1) is 0 Å². The van der Waals surface area contributed by atoms with Gasteiger partial charge in [0.05, 0.1) is 15.4 Å². The monoisotopic (exact) mass is 329 g/mol. The van der Waals surface area contributed by atoms with Crippen LogP contribution in [-0.2, 0) is 10.1 Å². The van der Waals surface area contributed by atoms with Crippen molar-refractivity contribution >= 4 is 72.9 Å². The van der Waals surface area contributed by atoms with Gasteiger partial charge in [0.1, 0.15) is 0 Å². The maximum atomic E-state index is 11.2. The quantitative estimate of drug-likeness (QED) is 0.381. The third-order valence-corrected chi connectivity index (χ3v) is 3.82. The van der Waals surface area contributed by atoms with E-state index in [1.54, 1.807) is 0 Å². The number of rotatable bonds is 3. The Labute approximate surface area is 156 Å². The Bertz CT molecular complexity index is 699. The SMILES string of the molecule is Cc1c(C)c([N+](=O)[O-])c(S(=O)(=O)O)c(C)c1[N+](=O)[O-].[K]. The Morgan fingerprint density at radius 3 is 1.55 bits per heavy atom. The second kappa shape index (κ2) is 6.55. The molecular weight excluding hydrogens is 319 g/mol. The van der Waals surface area contributed by atoms with Crippen LogP contribution in [0.5, 0.6) is 0 Å².